The zero-order chi connectivity index (χ0) is 26.9. The van der Waals surface area contributed by atoms with Crippen LogP contribution in [0.4, 0.5) is 0 Å². The zero-order valence-electron chi connectivity index (χ0n) is 22.0. The van der Waals surface area contributed by atoms with Gasteiger partial charge in [0.2, 0.25) is 6.79 Å². The van der Waals surface area contributed by atoms with Gasteiger partial charge in [0, 0.05) is 33.4 Å². The third-order valence-corrected chi connectivity index (χ3v) is 8.44. The Morgan fingerprint density at radius 2 is 1.17 bits per heavy atom. The van der Waals surface area contributed by atoms with Crippen molar-refractivity contribution in [2.45, 2.75) is 12.0 Å². The van der Waals surface area contributed by atoms with E-state index >= 15 is 0 Å². The average molecular weight is 533 g/mol. The van der Waals surface area contributed by atoms with Gasteiger partial charge in [0.25, 0.3) is 0 Å². The molecular weight excluding hydrogens is 508 g/mol. The van der Waals surface area contributed by atoms with Crippen LogP contribution in [0.15, 0.2) is 126 Å². The third kappa shape index (κ3) is 3.54. The fourth-order valence-corrected chi connectivity index (χ4v) is 6.38. The van der Waals surface area contributed by atoms with Gasteiger partial charge in [-0.3, -0.25) is 0 Å². The maximum Gasteiger partial charge on any atom is 0.230 e. The summed E-state index contributed by atoms with van der Waals surface area (Å²) in [4.78, 5) is 0. The molecule has 2 atom stereocenters. The molecular formula is C37H24O4. The molecule has 5 aromatic carbocycles. The molecule has 9 rings (SSSR count). The second-order valence-corrected chi connectivity index (χ2v) is 10.8. The molecule has 0 amide bonds. The van der Waals surface area contributed by atoms with E-state index in [1.807, 2.05) is 30.3 Å². The Labute approximate surface area is 236 Å². The molecule has 3 aliphatic rings. The van der Waals surface area contributed by atoms with Gasteiger partial charge in [-0.25, -0.2) is 0 Å². The van der Waals surface area contributed by atoms with Gasteiger partial charge in [-0.2, -0.15) is 0 Å². The number of allylic oxidation sites excluding steroid dienone is 2. The average Bonchev–Trinajstić information content (AvgIpc) is 3.52. The molecule has 1 aliphatic carbocycles. The van der Waals surface area contributed by atoms with Crippen molar-refractivity contribution in [3.8, 4) is 50.6 Å². The lowest BCUT2D eigenvalue weighted by Crippen LogP contribution is -2.15. The second-order valence-electron chi connectivity index (χ2n) is 10.8. The van der Waals surface area contributed by atoms with Crippen LogP contribution in [0.3, 0.4) is 0 Å². The van der Waals surface area contributed by atoms with E-state index in [1.54, 1.807) is 0 Å². The van der Waals surface area contributed by atoms with Crippen LogP contribution in [-0.2, 0) is 0 Å². The van der Waals surface area contributed by atoms with Crippen molar-refractivity contribution >= 4 is 21.9 Å². The first kappa shape index (κ1) is 22.6. The molecule has 0 saturated heterocycles. The van der Waals surface area contributed by atoms with E-state index in [-0.39, 0.29) is 18.8 Å². The summed E-state index contributed by atoms with van der Waals surface area (Å²) in [6.45, 7) is 0.169. The van der Waals surface area contributed by atoms with Crippen LogP contribution in [0.5, 0.6) is 17.2 Å². The first-order valence-electron chi connectivity index (χ1n) is 13.9. The summed E-state index contributed by atoms with van der Waals surface area (Å²) in [6, 6.07) is 33.8. The lowest BCUT2D eigenvalue weighted by molar-refractivity contribution is 0.125. The molecule has 3 heterocycles. The van der Waals surface area contributed by atoms with Gasteiger partial charge >= 0.3 is 0 Å². The van der Waals surface area contributed by atoms with Gasteiger partial charge in [0.15, 0.2) is 0 Å². The van der Waals surface area contributed by atoms with Crippen molar-refractivity contribution in [2.75, 3.05) is 6.79 Å². The molecule has 0 bridgehead atoms. The van der Waals surface area contributed by atoms with Crippen LogP contribution in [0.2, 0.25) is 0 Å². The number of benzene rings is 5. The highest BCUT2D eigenvalue weighted by Gasteiger charge is 2.32. The number of furan rings is 1. The van der Waals surface area contributed by atoms with Crippen LogP contribution in [0.1, 0.15) is 11.5 Å². The predicted octanol–water partition coefficient (Wildman–Crippen LogP) is 9.29. The molecule has 196 valence electrons. The standard InChI is InChI=1S/C37H24O4/c1-3-7-34-26(5-1)28-13-9-25(20-37(28)41-34)24-11-15-33-31(19-24)30-18-22(10-14-32(30)38-21-39-33)23-12-16-36-29(17-23)27-6-2-4-8-35(27)40-36/h1-20,27,35H,21H2. The quantitative estimate of drug-likeness (QED) is 0.223. The molecule has 1 aromatic heterocycles. The molecule has 4 heteroatoms. The van der Waals surface area contributed by atoms with Crippen LogP contribution >= 0.6 is 0 Å². The molecule has 41 heavy (non-hydrogen) atoms. The van der Waals surface area contributed by atoms with Crippen LogP contribution in [0, 0.1) is 0 Å². The van der Waals surface area contributed by atoms with Crippen LogP contribution in [-0.4, -0.2) is 12.9 Å². The maximum atomic E-state index is 6.17. The summed E-state index contributed by atoms with van der Waals surface area (Å²) < 4.78 is 24.4. The van der Waals surface area contributed by atoms with Gasteiger partial charge in [0.05, 0.1) is 0 Å². The van der Waals surface area contributed by atoms with E-state index in [0.29, 0.717) is 0 Å². The molecule has 0 saturated carbocycles. The Hall–Kier alpha value is -5.22. The van der Waals surface area contributed by atoms with Crippen molar-refractivity contribution in [1.82, 2.24) is 0 Å². The highest BCUT2D eigenvalue weighted by Crippen LogP contribution is 2.46. The topological polar surface area (TPSA) is 40.8 Å². The number of hydrogen-bond acceptors (Lipinski definition) is 4. The van der Waals surface area contributed by atoms with Gasteiger partial charge in [-0.1, -0.05) is 60.7 Å². The monoisotopic (exact) mass is 532 g/mol. The smallest absolute Gasteiger partial charge is 0.230 e. The Morgan fingerprint density at radius 1 is 0.537 bits per heavy atom. The van der Waals surface area contributed by atoms with E-state index < -0.39 is 0 Å². The van der Waals surface area contributed by atoms with E-state index in [2.05, 4.69) is 91.0 Å². The molecule has 0 N–H and O–H groups in total. The van der Waals surface area contributed by atoms with E-state index in [9.17, 15) is 0 Å². The van der Waals surface area contributed by atoms with Crippen LogP contribution < -0.4 is 14.2 Å². The van der Waals surface area contributed by atoms with Gasteiger partial charge < -0.3 is 18.6 Å². The van der Waals surface area contributed by atoms with Crippen LogP contribution in [0.25, 0.3) is 55.3 Å². The molecule has 0 radical (unpaired) electrons. The summed E-state index contributed by atoms with van der Waals surface area (Å²) in [5.41, 5.74) is 9.48. The number of ether oxygens (including phenoxy) is 3. The fraction of sp³-hybridized carbons (Fsp3) is 0.0811. The van der Waals surface area contributed by atoms with Gasteiger partial charge in [-0.05, 0) is 82.9 Å². The summed E-state index contributed by atoms with van der Waals surface area (Å²) in [5, 5.41) is 2.25. The van der Waals surface area contributed by atoms with E-state index in [0.717, 1.165) is 72.6 Å². The van der Waals surface area contributed by atoms with E-state index in [1.165, 1.54) is 5.56 Å². The molecule has 2 aliphatic heterocycles. The maximum absolute atomic E-state index is 6.17. The molecule has 0 spiro atoms. The first-order valence-corrected chi connectivity index (χ1v) is 13.9. The van der Waals surface area contributed by atoms with Crippen molar-refractivity contribution in [1.29, 1.82) is 0 Å². The molecule has 6 aromatic rings. The number of hydrogen-bond donors (Lipinski definition) is 0. The SMILES string of the molecule is C1=CC2Oc3ccc(-c4ccc5c(c4)-c4cc(-c6ccc7c(c6)oc6ccccc67)ccc4OCO5)cc3C2C=C1. The Morgan fingerprint density at radius 3 is 1.98 bits per heavy atom. The highest BCUT2D eigenvalue weighted by atomic mass is 16.7. The van der Waals surface area contributed by atoms with Crippen molar-refractivity contribution in [3.05, 3.63) is 127 Å². The van der Waals surface area contributed by atoms with Gasteiger partial charge in [-0.15, -0.1) is 0 Å². The third-order valence-electron chi connectivity index (χ3n) is 8.44. The fourth-order valence-electron chi connectivity index (χ4n) is 6.38. The minimum absolute atomic E-state index is 0.0759. The Kier molecular flexibility index (Phi) is 4.76. The minimum Gasteiger partial charge on any atom is -0.485 e. The second kappa shape index (κ2) is 8.64. The minimum atomic E-state index is 0.0759. The van der Waals surface area contributed by atoms with Crippen molar-refractivity contribution < 1.29 is 18.6 Å². The van der Waals surface area contributed by atoms with Crippen molar-refractivity contribution in [3.63, 3.8) is 0 Å². The molecule has 2 unspecified atom stereocenters. The number of fused-ring (bicyclic) bond motifs is 9. The summed E-state index contributed by atoms with van der Waals surface area (Å²) in [7, 11) is 0. The first-order chi connectivity index (χ1) is 20.3. The number of para-hydroxylation sites is 1. The molecule has 4 nitrogen and oxygen atoms in total. The predicted molar refractivity (Wildman–Crippen MR) is 162 cm³/mol. The zero-order valence-corrected chi connectivity index (χ0v) is 22.0. The Bertz CT molecular complexity index is 2080. The lowest BCUT2D eigenvalue weighted by atomic mass is 9.89. The summed E-state index contributed by atoms with van der Waals surface area (Å²) in [6.07, 6.45) is 8.59. The van der Waals surface area contributed by atoms with Gasteiger partial charge in [0.1, 0.15) is 34.5 Å². The summed E-state index contributed by atoms with van der Waals surface area (Å²) in [5.74, 6) is 2.82. The van der Waals surface area contributed by atoms with E-state index in [4.69, 9.17) is 18.6 Å². The molecule has 0 fully saturated rings. The summed E-state index contributed by atoms with van der Waals surface area (Å²) >= 11 is 0. The highest BCUT2D eigenvalue weighted by molar-refractivity contribution is 6.06. The number of rotatable bonds is 2. The lowest BCUT2D eigenvalue weighted by Gasteiger charge is -2.14. The largest absolute Gasteiger partial charge is 0.485 e. The Balaban J connectivity index is 1.14. The normalized spacial score (nSPS) is 18.0. The van der Waals surface area contributed by atoms with Crippen molar-refractivity contribution in [2.24, 2.45) is 0 Å².